The normalized spacial score (nSPS) is 17.0. The summed E-state index contributed by atoms with van der Waals surface area (Å²) >= 11 is 0. The topological polar surface area (TPSA) is 41.9 Å². The van der Waals surface area contributed by atoms with Gasteiger partial charge in [0, 0.05) is 33.3 Å². The summed E-state index contributed by atoms with van der Waals surface area (Å²) in [6.45, 7) is 4.87. The van der Waals surface area contributed by atoms with E-state index in [1.165, 1.54) is 5.56 Å². The average Bonchev–Trinajstić information content (AvgIpc) is 2.53. The van der Waals surface area contributed by atoms with E-state index >= 15 is 0 Å². The lowest BCUT2D eigenvalue weighted by molar-refractivity contribution is 0.127. The Morgan fingerprint density at radius 2 is 2.05 bits per heavy atom. The van der Waals surface area contributed by atoms with Crippen LogP contribution in [-0.4, -0.2) is 50.0 Å². The highest BCUT2D eigenvalue weighted by Gasteiger charge is 2.18. The number of methoxy groups -OCH3 is 1. The first kappa shape index (κ1) is 16.3. The molecule has 1 fully saturated rings. The number of nitrogens with zero attached hydrogens (tertiary/aromatic N) is 1. The van der Waals surface area contributed by atoms with Crippen molar-refractivity contribution in [3.63, 3.8) is 0 Å². The van der Waals surface area contributed by atoms with Crippen LogP contribution in [0.3, 0.4) is 0 Å². The Morgan fingerprint density at radius 3 is 2.76 bits per heavy atom. The molecule has 1 saturated heterocycles. The molecular formula is C17H27NO3. The van der Waals surface area contributed by atoms with Crippen LogP contribution >= 0.6 is 0 Å². The van der Waals surface area contributed by atoms with Crippen LogP contribution in [0.1, 0.15) is 24.8 Å². The van der Waals surface area contributed by atoms with Gasteiger partial charge in [0.1, 0.15) is 5.75 Å². The molecule has 1 heterocycles. The first-order valence-corrected chi connectivity index (χ1v) is 7.85. The fourth-order valence-corrected chi connectivity index (χ4v) is 2.71. The Hall–Kier alpha value is -1.10. The van der Waals surface area contributed by atoms with Crippen molar-refractivity contribution in [3.05, 3.63) is 29.8 Å². The Balaban J connectivity index is 1.78. The van der Waals surface area contributed by atoms with Crippen LogP contribution < -0.4 is 4.74 Å². The Bertz CT molecular complexity index is 403. The molecule has 4 heteroatoms. The first-order valence-electron chi connectivity index (χ1n) is 7.85. The molecule has 4 nitrogen and oxygen atoms in total. The van der Waals surface area contributed by atoms with Gasteiger partial charge in [-0.3, -0.25) is 4.90 Å². The van der Waals surface area contributed by atoms with Gasteiger partial charge in [-0.2, -0.15) is 0 Å². The molecule has 0 bridgehead atoms. The van der Waals surface area contributed by atoms with Gasteiger partial charge in [0.15, 0.2) is 0 Å². The second-order valence-electron chi connectivity index (χ2n) is 5.74. The number of rotatable bonds is 8. The lowest BCUT2D eigenvalue weighted by Crippen LogP contribution is -2.34. The summed E-state index contributed by atoms with van der Waals surface area (Å²) in [7, 11) is 1.71. The molecule has 0 amide bonds. The van der Waals surface area contributed by atoms with Gasteiger partial charge in [-0.1, -0.05) is 12.1 Å². The zero-order valence-corrected chi connectivity index (χ0v) is 13.0. The van der Waals surface area contributed by atoms with Crippen LogP contribution in [-0.2, 0) is 11.3 Å². The summed E-state index contributed by atoms with van der Waals surface area (Å²) < 4.78 is 10.8. The highest BCUT2D eigenvalue weighted by atomic mass is 16.5. The summed E-state index contributed by atoms with van der Waals surface area (Å²) in [5, 5.41) is 9.18. The van der Waals surface area contributed by atoms with Crippen LogP contribution in [0.2, 0.25) is 0 Å². The number of hydrogen-bond acceptors (Lipinski definition) is 4. The fourth-order valence-electron chi connectivity index (χ4n) is 2.71. The maximum absolute atomic E-state index is 9.18. The second-order valence-corrected chi connectivity index (χ2v) is 5.74. The average molecular weight is 293 g/mol. The van der Waals surface area contributed by atoms with Crippen molar-refractivity contribution in [3.8, 4) is 5.75 Å². The summed E-state index contributed by atoms with van der Waals surface area (Å²) in [6.07, 6.45) is 3.11. The third-order valence-electron chi connectivity index (χ3n) is 4.03. The third kappa shape index (κ3) is 5.65. The zero-order valence-electron chi connectivity index (χ0n) is 13.0. The van der Waals surface area contributed by atoms with Gasteiger partial charge in [0.25, 0.3) is 0 Å². The molecule has 1 N–H and O–H groups in total. The molecule has 1 aliphatic rings. The maximum Gasteiger partial charge on any atom is 0.119 e. The number of piperidine rings is 1. The molecule has 21 heavy (non-hydrogen) atoms. The van der Waals surface area contributed by atoms with Crippen LogP contribution in [0.15, 0.2) is 24.3 Å². The predicted octanol–water partition coefficient (Wildman–Crippen LogP) is 2.31. The molecule has 0 aliphatic carbocycles. The minimum Gasteiger partial charge on any atom is -0.493 e. The lowest BCUT2D eigenvalue weighted by Gasteiger charge is -2.31. The van der Waals surface area contributed by atoms with Gasteiger partial charge in [-0.05, 0) is 49.5 Å². The third-order valence-corrected chi connectivity index (χ3v) is 4.03. The van der Waals surface area contributed by atoms with E-state index in [9.17, 15) is 5.11 Å². The van der Waals surface area contributed by atoms with Gasteiger partial charge in [-0.15, -0.1) is 0 Å². The quantitative estimate of drug-likeness (QED) is 0.747. The molecule has 118 valence electrons. The number of hydrogen-bond donors (Lipinski definition) is 1. The molecule has 0 unspecified atom stereocenters. The zero-order chi connectivity index (χ0) is 14.9. The van der Waals surface area contributed by atoms with Crippen molar-refractivity contribution < 1.29 is 14.6 Å². The Labute approximate surface area is 127 Å². The first-order chi connectivity index (χ1) is 10.3. The second kappa shape index (κ2) is 9.03. The smallest absolute Gasteiger partial charge is 0.119 e. The van der Waals surface area contributed by atoms with Crippen molar-refractivity contribution in [2.45, 2.75) is 25.8 Å². The van der Waals surface area contributed by atoms with E-state index in [-0.39, 0.29) is 0 Å². The maximum atomic E-state index is 9.18. The number of aliphatic hydroxyl groups excluding tert-OH is 1. The molecule has 2 rings (SSSR count). The van der Waals surface area contributed by atoms with E-state index in [0.29, 0.717) is 19.1 Å². The van der Waals surface area contributed by atoms with E-state index in [0.717, 1.165) is 51.3 Å². The summed E-state index contributed by atoms with van der Waals surface area (Å²) in [6, 6.07) is 8.35. The van der Waals surface area contributed by atoms with Crippen LogP contribution in [0, 0.1) is 5.92 Å². The van der Waals surface area contributed by atoms with Crippen LogP contribution in [0.4, 0.5) is 0 Å². The Kier molecular flexibility index (Phi) is 7.00. The minimum absolute atomic E-state index is 0.332. The van der Waals surface area contributed by atoms with Gasteiger partial charge in [0.05, 0.1) is 6.61 Å². The van der Waals surface area contributed by atoms with Gasteiger partial charge in [-0.25, -0.2) is 0 Å². The van der Waals surface area contributed by atoms with Crippen LogP contribution in [0.25, 0.3) is 0 Å². The number of likely N-dealkylation sites (tertiary alicyclic amines) is 1. The number of benzene rings is 1. The highest BCUT2D eigenvalue weighted by molar-refractivity contribution is 5.28. The van der Waals surface area contributed by atoms with E-state index in [2.05, 4.69) is 23.1 Å². The van der Waals surface area contributed by atoms with Crippen molar-refractivity contribution >= 4 is 0 Å². The van der Waals surface area contributed by atoms with Gasteiger partial charge in [0.2, 0.25) is 0 Å². The van der Waals surface area contributed by atoms with Crippen molar-refractivity contribution in [2.24, 2.45) is 5.92 Å². The molecular weight excluding hydrogens is 266 g/mol. The van der Waals surface area contributed by atoms with Crippen LogP contribution in [0.5, 0.6) is 5.75 Å². The Morgan fingerprint density at radius 1 is 1.24 bits per heavy atom. The summed E-state index contributed by atoms with van der Waals surface area (Å²) in [5.74, 6) is 1.44. The molecule has 1 aromatic rings. The monoisotopic (exact) mass is 293 g/mol. The minimum atomic E-state index is 0.332. The number of ether oxygens (including phenoxy) is 2. The lowest BCUT2D eigenvalue weighted by atomic mass is 9.97. The molecule has 0 aromatic heterocycles. The summed E-state index contributed by atoms with van der Waals surface area (Å²) in [5.41, 5.74) is 1.29. The molecule has 0 spiro atoms. The van der Waals surface area contributed by atoms with Crippen molar-refractivity contribution in [1.29, 1.82) is 0 Å². The van der Waals surface area contributed by atoms with Crippen molar-refractivity contribution in [2.75, 3.05) is 40.0 Å². The standard InChI is InChI=1S/C17H27NO3/c1-20-10-3-11-21-17-5-2-4-16(12-17)13-18-8-6-15(14-19)7-9-18/h2,4-5,12,15,19H,3,6-11,13-14H2,1H3. The number of aliphatic hydroxyl groups is 1. The van der Waals surface area contributed by atoms with Gasteiger partial charge >= 0.3 is 0 Å². The molecule has 0 radical (unpaired) electrons. The SMILES string of the molecule is COCCCOc1cccc(CN2CCC(CO)CC2)c1. The predicted molar refractivity (Wildman–Crippen MR) is 83.5 cm³/mol. The largest absolute Gasteiger partial charge is 0.493 e. The van der Waals surface area contributed by atoms with Gasteiger partial charge < -0.3 is 14.6 Å². The van der Waals surface area contributed by atoms with E-state index in [1.807, 2.05) is 6.07 Å². The summed E-state index contributed by atoms with van der Waals surface area (Å²) in [4.78, 5) is 2.45. The molecule has 1 aliphatic heterocycles. The van der Waals surface area contributed by atoms with E-state index in [4.69, 9.17) is 9.47 Å². The van der Waals surface area contributed by atoms with E-state index in [1.54, 1.807) is 7.11 Å². The highest BCUT2D eigenvalue weighted by Crippen LogP contribution is 2.20. The fraction of sp³-hybridized carbons (Fsp3) is 0.647. The van der Waals surface area contributed by atoms with E-state index < -0.39 is 0 Å². The molecule has 1 aromatic carbocycles. The van der Waals surface area contributed by atoms with Crippen molar-refractivity contribution in [1.82, 2.24) is 4.90 Å². The molecule has 0 atom stereocenters. The molecule has 0 saturated carbocycles.